The second kappa shape index (κ2) is 5.40. The summed E-state index contributed by atoms with van der Waals surface area (Å²) in [5.41, 5.74) is 0. The summed E-state index contributed by atoms with van der Waals surface area (Å²) in [5, 5.41) is 8.62. The first-order chi connectivity index (χ1) is 7.15. The average Bonchev–Trinajstić information content (AvgIpc) is 2.09. The minimum absolute atomic E-state index is 0.0459. The smallest absolute Gasteiger partial charge is 0.310 e. The van der Waals surface area contributed by atoms with Crippen molar-refractivity contribution >= 4 is 11.9 Å². The van der Waals surface area contributed by atoms with Crippen LogP contribution in [0.25, 0.3) is 0 Å². The number of carbonyl (C=O) groups is 2. The van der Waals surface area contributed by atoms with Gasteiger partial charge in [-0.05, 0) is 12.8 Å². The fourth-order valence-electron chi connectivity index (χ4n) is 1.50. The Labute approximate surface area is 89.3 Å². The number of rotatable bonds is 5. The number of terminal acetylenes is 1. The Morgan fingerprint density at radius 2 is 2.07 bits per heavy atom. The average molecular weight is 209 g/mol. The van der Waals surface area contributed by atoms with Crippen LogP contribution in [-0.2, 0) is 9.59 Å². The molecule has 1 heterocycles. The Hall–Kier alpha value is -1.50. The van der Waals surface area contributed by atoms with Crippen molar-refractivity contribution in [3.63, 3.8) is 0 Å². The van der Waals surface area contributed by atoms with Gasteiger partial charge in [0.15, 0.2) is 0 Å². The van der Waals surface area contributed by atoms with E-state index in [9.17, 15) is 9.59 Å². The van der Waals surface area contributed by atoms with Crippen molar-refractivity contribution in [3.8, 4) is 12.3 Å². The number of carboxylic acid groups (broad SMARTS) is 1. The van der Waals surface area contributed by atoms with Crippen LogP contribution in [0.15, 0.2) is 0 Å². The van der Waals surface area contributed by atoms with Crippen LogP contribution in [0.4, 0.5) is 0 Å². The Morgan fingerprint density at radius 1 is 1.40 bits per heavy atom. The van der Waals surface area contributed by atoms with E-state index in [2.05, 4.69) is 5.92 Å². The highest BCUT2D eigenvalue weighted by molar-refractivity contribution is 5.80. The molecule has 4 heteroatoms. The van der Waals surface area contributed by atoms with Crippen molar-refractivity contribution in [3.05, 3.63) is 0 Å². The van der Waals surface area contributed by atoms with Crippen LogP contribution < -0.4 is 0 Å². The van der Waals surface area contributed by atoms with E-state index in [0.29, 0.717) is 25.9 Å². The molecule has 1 saturated heterocycles. The quantitative estimate of drug-likeness (QED) is 0.536. The molecule has 0 radical (unpaired) electrons. The Morgan fingerprint density at radius 3 is 2.60 bits per heavy atom. The lowest BCUT2D eigenvalue weighted by molar-refractivity contribution is -0.152. The standard InChI is InChI=1S/C11H15NO3/c1-2-3-4-5-6-10(13)12-7-9(8-12)11(14)15/h1,9H,3-8H2,(H,14,15). The number of amides is 1. The van der Waals surface area contributed by atoms with E-state index in [-0.39, 0.29) is 11.8 Å². The van der Waals surface area contributed by atoms with Crippen molar-refractivity contribution in [1.82, 2.24) is 4.90 Å². The molecule has 0 bridgehead atoms. The van der Waals surface area contributed by atoms with Gasteiger partial charge in [-0.1, -0.05) is 0 Å². The maximum Gasteiger partial charge on any atom is 0.310 e. The number of unbranched alkanes of at least 4 members (excludes halogenated alkanes) is 2. The third-order valence-corrected chi connectivity index (χ3v) is 2.55. The molecular formula is C11H15NO3. The molecule has 1 aliphatic heterocycles. The lowest BCUT2D eigenvalue weighted by Gasteiger charge is -2.36. The molecule has 0 saturated carbocycles. The molecular weight excluding hydrogens is 194 g/mol. The highest BCUT2D eigenvalue weighted by Gasteiger charge is 2.34. The maximum absolute atomic E-state index is 11.4. The number of nitrogens with zero attached hydrogens (tertiary/aromatic N) is 1. The largest absolute Gasteiger partial charge is 0.481 e. The number of carbonyl (C=O) groups excluding carboxylic acids is 1. The molecule has 0 aromatic rings. The number of carboxylic acids is 1. The summed E-state index contributed by atoms with van der Waals surface area (Å²) in [6.45, 7) is 0.729. The van der Waals surface area contributed by atoms with Gasteiger partial charge in [0.25, 0.3) is 0 Å². The first kappa shape index (κ1) is 11.6. The van der Waals surface area contributed by atoms with Crippen LogP contribution in [0, 0.1) is 18.3 Å². The molecule has 0 unspecified atom stereocenters. The molecule has 15 heavy (non-hydrogen) atoms. The van der Waals surface area contributed by atoms with Crippen LogP contribution in [0.5, 0.6) is 0 Å². The lowest BCUT2D eigenvalue weighted by Crippen LogP contribution is -2.52. The van der Waals surface area contributed by atoms with E-state index < -0.39 is 5.97 Å². The Kier molecular flexibility index (Phi) is 4.17. The van der Waals surface area contributed by atoms with Crippen LogP contribution in [0.2, 0.25) is 0 Å². The van der Waals surface area contributed by atoms with Crippen LogP contribution >= 0.6 is 0 Å². The van der Waals surface area contributed by atoms with Crippen LogP contribution in [-0.4, -0.2) is 35.0 Å². The van der Waals surface area contributed by atoms with Crippen molar-refractivity contribution in [2.24, 2.45) is 5.92 Å². The first-order valence-corrected chi connectivity index (χ1v) is 5.09. The van der Waals surface area contributed by atoms with E-state index in [1.165, 1.54) is 0 Å². The van der Waals surface area contributed by atoms with Crippen LogP contribution in [0.3, 0.4) is 0 Å². The van der Waals surface area contributed by atoms with Gasteiger partial charge < -0.3 is 10.0 Å². The van der Waals surface area contributed by atoms with Gasteiger partial charge >= 0.3 is 5.97 Å². The predicted molar refractivity (Wildman–Crippen MR) is 55.0 cm³/mol. The summed E-state index contributed by atoms with van der Waals surface area (Å²) in [6.07, 6.45) is 7.91. The molecule has 0 atom stereocenters. The lowest BCUT2D eigenvalue weighted by atomic mass is 9.99. The highest BCUT2D eigenvalue weighted by atomic mass is 16.4. The van der Waals surface area contributed by atoms with E-state index in [1.807, 2.05) is 0 Å². The van der Waals surface area contributed by atoms with E-state index in [4.69, 9.17) is 11.5 Å². The van der Waals surface area contributed by atoms with E-state index in [1.54, 1.807) is 4.90 Å². The van der Waals surface area contributed by atoms with Gasteiger partial charge in [0.05, 0.1) is 5.92 Å². The highest BCUT2D eigenvalue weighted by Crippen LogP contribution is 2.17. The zero-order valence-corrected chi connectivity index (χ0v) is 8.61. The molecule has 1 aliphatic rings. The fraction of sp³-hybridized carbons (Fsp3) is 0.636. The minimum atomic E-state index is -0.814. The van der Waals surface area contributed by atoms with E-state index in [0.717, 1.165) is 12.8 Å². The number of likely N-dealkylation sites (tertiary alicyclic amines) is 1. The van der Waals surface area contributed by atoms with E-state index >= 15 is 0 Å². The van der Waals surface area contributed by atoms with Crippen molar-refractivity contribution < 1.29 is 14.7 Å². The summed E-state index contributed by atoms with van der Waals surface area (Å²) >= 11 is 0. The summed E-state index contributed by atoms with van der Waals surface area (Å²) in [4.78, 5) is 23.5. The van der Waals surface area contributed by atoms with Gasteiger partial charge in [0.1, 0.15) is 0 Å². The molecule has 0 spiro atoms. The second-order valence-corrected chi connectivity index (χ2v) is 3.75. The minimum Gasteiger partial charge on any atom is -0.481 e. The van der Waals surface area contributed by atoms with Gasteiger partial charge in [-0.2, -0.15) is 0 Å². The molecule has 1 amide bonds. The molecule has 82 valence electrons. The summed E-state index contributed by atoms with van der Waals surface area (Å²) < 4.78 is 0. The molecule has 1 fully saturated rings. The fourth-order valence-corrected chi connectivity index (χ4v) is 1.50. The maximum atomic E-state index is 11.4. The van der Waals surface area contributed by atoms with Gasteiger partial charge in [0, 0.05) is 25.9 Å². The summed E-state index contributed by atoms with van der Waals surface area (Å²) in [7, 11) is 0. The normalized spacial score (nSPS) is 15.5. The third-order valence-electron chi connectivity index (χ3n) is 2.55. The molecule has 1 N–H and O–H groups in total. The van der Waals surface area contributed by atoms with Gasteiger partial charge in [-0.15, -0.1) is 12.3 Å². The zero-order chi connectivity index (χ0) is 11.3. The van der Waals surface area contributed by atoms with Crippen molar-refractivity contribution in [1.29, 1.82) is 0 Å². The predicted octanol–water partition coefficient (Wildman–Crippen LogP) is 0.723. The second-order valence-electron chi connectivity index (χ2n) is 3.75. The summed E-state index contributed by atoms with van der Waals surface area (Å²) in [5.74, 6) is 1.39. The van der Waals surface area contributed by atoms with Crippen LogP contribution in [0.1, 0.15) is 25.7 Å². The Balaban J connectivity index is 2.11. The first-order valence-electron chi connectivity index (χ1n) is 5.09. The van der Waals surface area contributed by atoms with Gasteiger partial charge in [-0.25, -0.2) is 0 Å². The molecule has 0 aromatic heterocycles. The van der Waals surface area contributed by atoms with Gasteiger partial charge in [0.2, 0.25) is 5.91 Å². The van der Waals surface area contributed by atoms with Crippen molar-refractivity contribution in [2.75, 3.05) is 13.1 Å². The van der Waals surface area contributed by atoms with Crippen molar-refractivity contribution in [2.45, 2.75) is 25.7 Å². The SMILES string of the molecule is C#CCCCCC(=O)N1CC(C(=O)O)C1. The number of hydrogen-bond donors (Lipinski definition) is 1. The number of aliphatic carboxylic acids is 1. The molecule has 4 nitrogen and oxygen atoms in total. The topological polar surface area (TPSA) is 57.6 Å². The molecule has 0 aromatic carbocycles. The molecule has 0 aliphatic carbocycles. The molecule has 1 rings (SSSR count). The number of hydrogen-bond acceptors (Lipinski definition) is 2. The summed E-state index contributed by atoms with van der Waals surface area (Å²) in [6, 6.07) is 0. The van der Waals surface area contributed by atoms with Gasteiger partial charge in [-0.3, -0.25) is 9.59 Å². The zero-order valence-electron chi connectivity index (χ0n) is 8.61. The monoisotopic (exact) mass is 209 g/mol. The third kappa shape index (κ3) is 3.28. The Bertz CT molecular complexity index is 287.